The molecule has 0 unspecified atom stereocenters. The normalized spacial score (nSPS) is 11.3. The molecule has 0 aliphatic carbocycles. The number of fused-ring (bicyclic) bond motifs is 1. The van der Waals surface area contributed by atoms with Gasteiger partial charge in [0.2, 0.25) is 0 Å². The first-order valence-electron chi connectivity index (χ1n) is 7.97. The minimum absolute atomic E-state index is 0.118. The molecule has 28 heavy (non-hydrogen) atoms. The molecule has 4 rings (SSSR count). The van der Waals surface area contributed by atoms with Crippen LogP contribution in [-0.2, 0) is 0 Å². The second-order valence-electron chi connectivity index (χ2n) is 5.95. The van der Waals surface area contributed by atoms with Gasteiger partial charge in [0.1, 0.15) is 29.7 Å². The summed E-state index contributed by atoms with van der Waals surface area (Å²) in [4.78, 5) is 8.60. The Morgan fingerprint density at radius 3 is 2.68 bits per heavy atom. The summed E-state index contributed by atoms with van der Waals surface area (Å²) in [6.07, 6.45) is -1.27. The van der Waals surface area contributed by atoms with E-state index in [1.807, 2.05) is 6.07 Å². The highest BCUT2D eigenvalue weighted by Crippen LogP contribution is 2.26. The number of aryl methyl sites for hydroxylation is 1. The van der Waals surface area contributed by atoms with Crippen molar-refractivity contribution >= 4 is 27.0 Å². The molecule has 0 amide bonds. The van der Waals surface area contributed by atoms with Crippen LogP contribution in [0.1, 0.15) is 23.4 Å². The standard InChI is InChI=1S/C18H10BrF3N6/c1-9-4-14(17(21)22)26-28(9)18-10(7-23)2-3-16(25-18)27-8-24-13-6-12(20)11(19)5-15(13)27/h2-6,8,17H,1H3. The van der Waals surface area contributed by atoms with E-state index in [0.717, 1.165) is 0 Å². The van der Waals surface area contributed by atoms with Crippen molar-refractivity contribution in [3.05, 3.63) is 63.9 Å². The Morgan fingerprint density at radius 1 is 1.21 bits per heavy atom. The van der Waals surface area contributed by atoms with Gasteiger partial charge >= 0.3 is 0 Å². The Kier molecular flexibility index (Phi) is 4.39. The molecule has 0 N–H and O–H groups in total. The number of nitrogens with zero attached hydrogens (tertiary/aromatic N) is 6. The first kappa shape index (κ1) is 18.2. The van der Waals surface area contributed by atoms with Gasteiger partial charge in [0.05, 0.1) is 21.1 Å². The number of rotatable bonds is 3. The van der Waals surface area contributed by atoms with Gasteiger partial charge in [0, 0.05) is 11.8 Å². The first-order valence-corrected chi connectivity index (χ1v) is 8.77. The lowest BCUT2D eigenvalue weighted by molar-refractivity contribution is 0.145. The molecule has 0 saturated heterocycles. The van der Waals surface area contributed by atoms with Crippen molar-refractivity contribution in [3.63, 3.8) is 0 Å². The minimum Gasteiger partial charge on any atom is -0.283 e. The van der Waals surface area contributed by atoms with Crippen LogP contribution in [0.3, 0.4) is 0 Å². The monoisotopic (exact) mass is 446 g/mol. The average Bonchev–Trinajstić information content (AvgIpc) is 3.25. The quantitative estimate of drug-likeness (QED) is 0.460. The van der Waals surface area contributed by atoms with Crippen LogP contribution < -0.4 is 0 Å². The summed E-state index contributed by atoms with van der Waals surface area (Å²) in [5.41, 5.74) is 1.19. The van der Waals surface area contributed by atoms with Crippen LogP contribution in [0.5, 0.6) is 0 Å². The first-order chi connectivity index (χ1) is 13.4. The SMILES string of the molecule is Cc1cc(C(F)F)nn1-c1nc(-n2cnc3cc(F)c(Br)cc32)ccc1C#N. The van der Waals surface area contributed by atoms with Crippen LogP contribution in [0.15, 0.2) is 41.1 Å². The van der Waals surface area contributed by atoms with Gasteiger partial charge in [0.15, 0.2) is 5.82 Å². The highest BCUT2D eigenvalue weighted by molar-refractivity contribution is 9.10. The van der Waals surface area contributed by atoms with Crippen molar-refractivity contribution < 1.29 is 13.2 Å². The Balaban J connectivity index is 1.91. The zero-order valence-electron chi connectivity index (χ0n) is 14.2. The molecule has 0 fully saturated rings. The van der Waals surface area contributed by atoms with Crippen LogP contribution >= 0.6 is 15.9 Å². The van der Waals surface area contributed by atoms with Gasteiger partial charge < -0.3 is 0 Å². The molecule has 140 valence electrons. The lowest BCUT2D eigenvalue weighted by atomic mass is 10.2. The van der Waals surface area contributed by atoms with Gasteiger partial charge in [-0.25, -0.2) is 27.8 Å². The lowest BCUT2D eigenvalue weighted by Gasteiger charge is -2.10. The van der Waals surface area contributed by atoms with E-state index < -0.39 is 17.9 Å². The largest absolute Gasteiger partial charge is 0.283 e. The molecule has 6 nitrogen and oxygen atoms in total. The summed E-state index contributed by atoms with van der Waals surface area (Å²) in [5, 5.41) is 13.3. The second-order valence-corrected chi connectivity index (χ2v) is 6.80. The van der Waals surface area contributed by atoms with Gasteiger partial charge in [-0.2, -0.15) is 10.4 Å². The Morgan fingerprint density at radius 2 is 2.00 bits per heavy atom. The molecule has 3 aromatic heterocycles. The molecule has 0 saturated carbocycles. The van der Waals surface area contributed by atoms with Crippen LogP contribution in [0.2, 0.25) is 0 Å². The number of alkyl halides is 2. The Labute approximate surface area is 165 Å². The summed E-state index contributed by atoms with van der Waals surface area (Å²) in [5.74, 6) is 0.0499. The number of nitriles is 1. The van der Waals surface area contributed by atoms with E-state index >= 15 is 0 Å². The van der Waals surface area contributed by atoms with E-state index in [1.54, 1.807) is 23.6 Å². The fourth-order valence-electron chi connectivity index (χ4n) is 2.83. The number of halogens is 4. The molecule has 3 heterocycles. The number of pyridine rings is 1. The Bertz CT molecular complexity index is 1250. The maximum absolute atomic E-state index is 13.7. The molecule has 0 bridgehead atoms. The van der Waals surface area contributed by atoms with Crippen molar-refractivity contribution in [2.75, 3.05) is 0 Å². The van der Waals surface area contributed by atoms with Gasteiger partial charge in [0.25, 0.3) is 6.43 Å². The van der Waals surface area contributed by atoms with E-state index in [1.165, 1.54) is 29.2 Å². The third-order valence-electron chi connectivity index (χ3n) is 4.15. The molecule has 0 spiro atoms. The van der Waals surface area contributed by atoms with Gasteiger partial charge in [-0.15, -0.1) is 0 Å². The van der Waals surface area contributed by atoms with E-state index in [2.05, 4.69) is 31.0 Å². The Hall–Kier alpha value is -3.19. The summed E-state index contributed by atoms with van der Waals surface area (Å²) in [7, 11) is 0. The van der Waals surface area contributed by atoms with E-state index in [0.29, 0.717) is 22.5 Å². The average molecular weight is 447 g/mol. The number of hydrogen-bond donors (Lipinski definition) is 0. The molecule has 0 radical (unpaired) electrons. The highest BCUT2D eigenvalue weighted by atomic mass is 79.9. The van der Waals surface area contributed by atoms with Crippen molar-refractivity contribution in [1.82, 2.24) is 24.3 Å². The number of imidazole rings is 1. The zero-order chi connectivity index (χ0) is 20.0. The van der Waals surface area contributed by atoms with Crippen molar-refractivity contribution in [1.29, 1.82) is 5.26 Å². The van der Waals surface area contributed by atoms with E-state index in [9.17, 15) is 18.4 Å². The fraction of sp³-hybridized carbons (Fsp3) is 0.111. The highest BCUT2D eigenvalue weighted by Gasteiger charge is 2.18. The van der Waals surface area contributed by atoms with Crippen LogP contribution in [0, 0.1) is 24.1 Å². The third kappa shape index (κ3) is 2.93. The number of aromatic nitrogens is 5. The van der Waals surface area contributed by atoms with Gasteiger partial charge in [-0.1, -0.05) is 0 Å². The number of benzene rings is 1. The maximum atomic E-state index is 13.7. The smallest absolute Gasteiger partial charge is 0.282 e. The van der Waals surface area contributed by atoms with E-state index in [-0.39, 0.29) is 15.9 Å². The topological polar surface area (TPSA) is 72.3 Å². The van der Waals surface area contributed by atoms with Crippen LogP contribution in [0.25, 0.3) is 22.7 Å². The lowest BCUT2D eigenvalue weighted by Crippen LogP contribution is -2.08. The maximum Gasteiger partial charge on any atom is 0.282 e. The van der Waals surface area contributed by atoms with Crippen LogP contribution in [0.4, 0.5) is 13.2 Å². The number of hydrogen-bond acceptors (Lipinski definition) is 4. The van der Waals surface area contributed by atoms with Crippen molar-refractivity contribution in [2.24, 2.45) is 0 Å². The summed E-state index contributed by atoms with van der Waals surface area (Å²) >= 11 is 3.14. The molecule has 10 heteroatoms. The van der Waals surface area contributed by atoms with Crippen molar-refractivity contribution in [2.45, 2.75) is 13.3 Å². The molecule has 0 atom stereocenters. The summed E-state index contributed by atoms with van der Waals surface area (Å²) in [6, 6.07) is 9.19. The third-order valence-corrected chi connectivity index (χ3v) is 4.76. The van der Waals surface area contributed by atoms with Gasteiger partial charge in [-0.05, 0) is 47.1 Å². The summed E-state index contributed by atoms with van der Waals surface area (Å²) in [6.45, 7) is 1.60. The molecular weight excluding hydrogens is 437 g/mol. The molecular formula is C18H10BrF3N6. The molecule has 0 aliphatic heterocycles. The second kappa shape index (κ2) is 6.76. The van der Waals surface area contributed by atoms with Crippen LogP contribution in [-0.4, -0.2) is 24.3 Å². The predicted octanol–water partition coefficient (Wildman–Crippen LogP) is 4.63. The summed E-state index contributed by atoms with van der Waals surface area (Å²) < 4.78 is 42.8. The zero-order valence-corrected chi connectivity index (χ0v) is 15.8. The van der Waals surface area contributed by atoms with Gasteiger partial charge in [-0.3, -0.25) is 4.57 Å². The predicted molar refractivity (Wildman–Crippen MR) is 98.1 cm³/mol. The van der Waals surface area contributed by atoms with Crippen molar-refractivity contribution in [3.8, 4) is 17.7 Å². The van der Waals surface area contributed by atoms with E-state index in [4.69, 9.17) is 0 Å². The molecule has 0 aliphatic rings. The minimum atomic E-state index is -2.74. The fourth-order valence-corrected chi connectivity index (χ4v) is 3.16. The molecule has 1 aromatic carbocycles. The molecule has 4 aromatic rings.